The first-order valence-corrected chi connectivity index (χ1v) is 6.76. The van der Waals surface area contributed by atoms with Gasteiger partial charge in [-0.1, -0.05) is 13.8 Å². The van der Waals surface area contributed by atoms with E-state index >= 15 is 0 Å². The maximum absolute atomic E-state index is 11.8. The Bertz CT molecular complexity index is 345. The summed E-state index contributed by atoms with van der Waals surface area (Å²) in [5, 5.41) is 11.4. The van der Waals surface area contributed by atoms with Crippen LogP contribution in [0, 0.1) is 11.8 Å². The molecule has 2 atom stereocenters. The first-order valence-electron chi connectivity index (χ1n) is 6.76. The Kier molecular flexibility index (Phi) is 8.54. The number of carbonyl (C=O) groups is 3. The summed E-state index contributed by atoms with van der Waals surface area (Å²) >= 11 is 0. The molecule has 0 spiro atoms. The first kappa shape index (κ1) is 18.4. The van der Waals surface area contributed by atoms with Gasteiger partial charge in [0.1, 0.15) is 6.04 Å². The average Bonchev–Trinajstić information content (AvgIpc) is 2.32. The minimum Gasteiger partial charge on any atom is -0.480 e. The largest absolute Gasteiger partial charge is 0.480 e. The Morgan fingerprint density at radius 2 is 1.85 bits per heavy atom. The van der Waals surface area contributed by atoms with E-state index in [0.717, 1.165) is 6.42 Å². The summed E-state index contributed by atoms with van der Waals surface area (Å²) in [6, 6.07) is -1.09. The van der Waals surface area contributed by atoms with Crippen molar-refractivity contribution in [1.29, 1.82) is 0 Å². The fraction of sp³-hybridized carbons (Fsp3) is 0.769. The number of amides is 2. The lowest BCUT2D eigenvalue weighted by molar-refractivity contribution is -0.142. The van der Waals surface area contributed by atoms with Crippen LogP contribution in [0.25, 0.3) is 0 Å². The summed E-state index contributed by atoms with van der Waals surface area (Å²) in [4.78, 5) is 33.5. The minimum atomic E-state index is -1.17. The molecule has 0 fully saturated rings. The second-order valence-electron chi connectivity index (χ2n) is 5.40. The Hall–Kier alpha value is -1.63. The maximum atomic E-state index is 11.8. The van der Waals surface area contributed by atoms with Crippen molar-refractivity contribution >= 4 is 17.8 Å². The van der Waals surface area contributed by atoms with E-state index in [2.05, 4.69) is 5.32 Å². The van der Waals surface area contributed by atoms with Gasteiger partial charge in [-0.05, 0) is 31.2 Å². The number of carboxylic acids is 1. The smallest absolute Gasteiger partial charge is 0.326 e. The predicted octanol–water partition coefficient (Wildman–Crippen LogP) is -0.168. The molecule has 0 aliphatic carbocycles. The quantitative estimate of drug-likeness (QED) is 0.442. The normalized spacial score (nSPS) is 13.8. The van der Waals surface area contributed by atoms with Crippen LogP contribution in [-0.2, 0) is 14.4 Å². The van der Waals surface area contributed by atoms with E-state index in [-0.39, 0.29) is 31.1 Å². The van der Waals surface area contributed by atoms with E-state index in [1.807, 2.05) is 13.8 Å². The summed E-state index contributed by atoms with van der Waals surface area (Å²) in [5.41, 5.74) is 10.6. The van der Waals surface area contributed by atoms with Gasteiger partial charge in [-0.3, -0.25) is 9.59 Å². The molecule has 0 aromatic rings. The van der Waals surface area contributed by atoms with Crippen molar-refractivity contribution in [2.45, 2.75) is 45.6 Å². The number of hydrogen-bond acceptors (Lipinski definition) is 4. The Labute approximate surface area is 119 Å². The first-order chi connectivity index (χ1) is 9.26. The van der Waals surface area contributed by atoms with E-state index in [4.69, 9.17) is 16.6 Å². The van der Waals surface area contributed by atoms with Gasteiger partial charge < -0.3 is 21.9 Å². The molecule has 0 rings (SSSR count). The molecule has 0 aromatic heterocycles. The summed E-state index contributed by atoms with van der Waals surface area (Å²) in [7, 11) is 0. The number of carboxylic acid groups (broad SMARTS) is 1. The lowest BCUT2D eigenvalue weighted by atomic mass is 9.94. The average molecular weight is 287 g/mol. The maximum Gasteiger partial charge on any atom is 0.326 e. The van der Waals surface area contributed by atoms with Crippen LogP contribution in [0.3, 0.4) is 0 Å². The summed E-state index contributed by atoms with van der Waals surface area (Å²) in [5.74, 6) is -1.68. The van der Waals surface area contributed by atoms with Crippen molar-refractivity contribution < 1.29 is 19.5 Å². The molecule has 0 saturated heterocycles. The second kappa shape index (κ2) is 9.30. The van der Waals surface area contributed by atoms with E-state index in [9.17, 15) is 14.4 Å². The molecule has 0 bridgehead atoms. The number of aliphatic carboxylic acids is 1. The number of nitrogens with one attached hydrogen (secondary N) is 1. The van der Waals surface area contributed by atoms with Crippen LogP contribution in [0.15, 0.2) is 0 Å². The van der Waals surface area contributed by atoms with Gasteiger partial charge in [0.2, 0.25) is 11.8 Å². The zero-order chi connectivity index (χ0) is 15.7. The van der Waals surface area contributed by atoms with Gasteiger partial charge in [0, 0.05) is 12.8 Å². The van der Waals surface area contributed by atoms with Crippen LogP contribution >= 0.6 is 0 Å². The molecule has 20 heavy (non-hydrogen) atoms. The molecule has 116 valence electrons. The van der Waals surface area contributed by atoms with E-state index in [0.29, 0.717) is 12.5 Å². The molecule has 0 heterocycles. The van der Waals surface area contributed by atoms with Crippen molar-refractivity contribution in [3.05, 3.63) is 0 Å². The fourth-order valence-electron chi connectivity index (χ4n) is 1.99. The van der Waals surface area contributed by atoms with Crippen LogP contribution < -0.4 is 16.8 Å². The number of nitrogens with two attached hydrogens (primary N) is 2. The molecular formula is C13H25N3O4. The molecule has 0 saturated carbocycles. The summed E-state index contributed by atoms with van der Waals surface area (Å²) in [6.45, 7) is 4.45. The monoisotopic (exact) mass is 287 g/mol. The molecule has 0 radical (unpaired) electrons. The molecule has 7 nitrogen and oxygen atoms in total. The molecule has 0 aromatic carbocycles. The molecular weight excluding hydrogens is 262 g/mol. The summed E-state index contributed by atoms with van der Waals surface area (Å²) < 4.78 is 0. The van der Waals surface area contributed by atoms with Gasteiger partial charge in [-0.25, -0.2) is 4.79 Å². The highest BCUT2D eigenvalue weighted by Crippen LogP contribution is 2.14. The van der Waals surface area contributed by atoms with Crippen molar-refractivity contribution in [1.82, 2.24) is 5.32 Å². The van der Waals surface area contributed by atoms with Gasteiger partial charge in [0.15, 0.2) is 0 Å². The number of carbonyl (C=O) groups excluding carboxylic acids is 2. The lowest BCUT2D eigenvalue weighted by Crippen LogP contribution is -2.42. The zero-order valence-electron chi connectivity index (χ0n) is 12.1. The topological polar surface area (TPSA) is 136 Å². The van der Waals surface area contributed by atoms with Gasteiger partial charge in [0.05, 0.1) is 0 Å². The number of rotatable bonds is 10. The Balaban J connectivity index is 4.37. The fourth-order valence-corrected chi connectivity index (χ4v) is 1.99. The molecule has 2 amide bonds. The number of primary amides is 1. The highest BCUT2D eigenvalue weighted by Gasteiger charge is 2.22. The number of hydrogen-bond donors (Lipinski definition) is 4. The van der Waals surface area contributed by atoms with E-state index in [1.54, 1.807) is 0 Å². The van der Waals surface area contributed by atoms with Crippen molar-refractivity contribution in [2.75, 3.05) is 6.54 Å². The van der Waals surface area contributed by atoms with Crippen molar-refractivity contribution in [3.8, 4) is 0 Å². The predicted molar refractivity (Wildman–Crippen MR) is 74.6 cm³/mol. The van der Waals surface area contributed by atoms with Crippen LogP contribution in [-0.4, -0.2) is 35.5 Å². The highest BCUT2D eigenvalue weighted by molar-refractivity contribution is 5.84. The standard InChI is InChI=1S/C13H25N3O4/c1-8(2)5-9(7-14)6-12(18)16-10(13(19)20)3-4-11(15)17/h8-10H,3-7,14H2,1-2H3,(H2,15,17)(H,16,18)(H,19,20)/t9-,10-/m0/s1. The molecule has 7 heteroatoms. The van der Waals surface area contributed by atoms with Gasteiger partial charge in [-0.2, -0.15) is 0 Å². The van der Waals surface area contributed by atoms with Crippen LogP contribution in [0.5, 0.6) is 0 Å². The van der Waals surface area contributed by atoms with Gasteiger partial charge in [0.25, 0.3) is 0 Å². The van der Waals surface area contributed by atoms with Gasteiger partial charge in [-0.15, -0.1) is 0 Å². The van der Waals surface area contributed by atoms with Crippen LogP contribution in [0.1, 0.15) is 39.5 Å². The minimum absolute atomic E-state index is 0.00607. The second-order valence-corrected chi connectivity index (χ2v) is 5.40. The molecule has 6 N–H and O–H groups in total. The van der Waals surface area contributed by atoms with Gasteiger partial charge >= 0.3 is 5.97 Å². The zero-order valence-corrected chi connectivity index (χ0v) is 12.1. The third-order valence-corrected chi connectivity index (χ3v) is 2.92. The SMILES string of the molecule is CC(C)C[C@H](CN)CC(=O)N[C@@H](CCC(N)=O)C(=O)O. The highest BCUT2D eigenvalue weighted by atomic mass is 16.4. The molecule has 0 aliphatic heterocycles. The Morgan fingerprint density at radius 3 is 2.25 bits per heavy atom. The molecule has 0 unspecified atom stereocenters. The Morgan fingerprint density at radius 1 is 1.25 bits per heavy atom. The van der Waals surface area contributed by atoms with E-state index in [1.165, 1.54) is 0 Å². The van der Waals surface area contributed by atoms with Crippen LogP contribution in [0.4, 0.5) is 0 Å². The molecule has 0 aliphatic rings. The van der Waals surface area contributed by atoms with Crippen molar-refractivity contribution in [2.24, 2.45) is 23.3 Å². The third kappa shape index (κ3) is 8.47. The van der Waals surface area contributed by atoms with E-state index < -0.39 is 17.9 Å². The van der Waals surface area contributed by atoms with Crippen molar-refractivity contribution in [3.63, 3.8) is 0 Å². The lowest BCUT2D eigenvalue weighted by Gasteiger charge is -2.19. The van der Waals surface area contributed by atoms with Crippen LogP contribution in [0.2, 0.25) is 0 Å². The summed E-state index contributed by atoms with van der Waals surface area (Å²) in [6.07, 6.45) is 0.912. The third-order valence-electron chi connectivity index (χ3n) is 2.92.